The number of nitrogens with one attached hydrogen (secondary N) is 1. The minimum Gasteiger partial charge on any atom is -0.340 e. The van der Waals surface area contributed by atoms with Crippen LogP contribution in [0.25, 0.3) is 0 Å². The molecule has 1 aromatic carbocycles. The van der Waals surface area contributed by atoms with Crippen LogP contribution in [0.3, 0.4) is 0 Å². The van der Waals surface area contributed by atoms with Crippen LogP contribution in [0.2, 0.25) is 0 Å². The van der Waals surface area contributed by atoms with E-state index in [1.807, 2.05) is 30.3 Å². The first-order valence-electron chi connectivity index (χ1n) is 7.03. The van der Waals surface area contributed by atoms with Crippen molar-refractivity contribution >= 4 is 11.6 Å². The van der Waals surface area contributed by atoms with Crippen LogP contribution in [0.4, 0.5) is 5.69 Å². The van der Waals surface area contributed by atoms with Crippen LogP contribution in [-0.2, 0) is 0 Å². The average Bonchev–Trinajstić information content (AvgIpc) is 2.41. The van der Waals surface area contributed by atoms with Crippen LogP contribution in [0.5, 0.6) is 0 Å². The Morgan fingerprint density at radius 3 is 2.35 bits per heavy atom. The second-order valence-corrected chi connectivity index (χ2v) is 5.56. The molecular formula is C15H27N5. The van der Waals surface area contributed by atoms with E-state index in [2.05, 4.69) is 48.2 Å². The molecule has 0 unspecified atom stereocenters. The monoisotopic (exact) mass is 277 g/mol. The number of para-hydroxylation sites is 1. The summed E-state index contributed by atoms with van der Waals surface area (Å²) in [7, 11) is 4.13. The molecule has 5 nitrogen and oxygen atoms in total. The second-order valence-electron chi connectivity index (χ2n) is 5.56. The summed E-state index contributed by atoms with van der Waals surface area (Å²) in [6.07, 6.45) is 0. The number of rotatable bonds is 6. The first-order valence-corrected chi connectivity index (χ1v) is 7.03. The van der Waals surface area contributed by atoms with Crippen molar-refractivity contribution in [1.29, 1.82) is 0 Å². The number of guanidine groups is 1. The normalized spacial score (nSPS) is 12.1. The largest absolute Gasteiger partial charge is 0.340 e. The number of nitrogens with zero attached hydrogens (tertiary/aromatic N) is 3. The lowest BCUT2D eigenvalue weighted by Gasteiger charge is -2.28. The second kappa shape index (κ2) is 8.55. The van der Waals surface area contributed by atoms with E-state index in [0.29, 0.717) is 11.9 Å². The van der Waals surface area contributed by atoms with E-state index < -0.39 is 0 Å². The molecule has 0 heterocycles. The fourth-order valence-electron chi connectivity index (χ4n) is 1.86. The average molecular weight is 277 g/mol. The van der Waals surface area contributed by atoms with E-state index >= 15 is 0 Å². The van der Waals surface area contributed by atoms with Crippen molar-refractivity contribution in [2.24, 2.45) is 16.8 Å². The number of likely N-dealkylation sites (N-methyl/N-ethyl adjacent to an activating group) is 1. The highest BCUT2D eigenvalue weighted by molar-refractivity contribution is 5.82. The highest BCUT2D eigenvalue weighted by Gasteiger charge is 2.12. The predicted octanol–water partition coefficient (Wildman–Crippen LogP) is 1.66. The fourth-order valence-corrected chi connectivity index (χ4v) is 1.86. The van der Waals surface area contributed by atoms with Crippen molar-refractivity contribution < 1.29 is 0 Å². The molecule has 0 aliphatic heterocycles. The van der Waals surface area contributed by atoms with E-state index in [9.17, 15) is 0 Å². The summed E-state index contributed by atoms with van der Waals surface area (Å²) in [5, 5.41) is 0. The molecule has 1 rings (SSSR count). The Morgan fingerprint density at radius 2 is 1.85 bits per heavy atom. The molecule has 0 radical (unpaired) electrons. The van der Waals surface area contributed by atoms with Gasteiger partial charge in [-0.25, -0.2) is 10.8 Å². The SMILES string of the molecule is CC(C)CN(CCN(C)C)C(=Nc1ccccc1)NN. The number of nitrogens with two attached hydrogens (primary N) is 1. The van der Waals surface area contributed by atoms with E-state index in [1.54, 1.807) is 0 Å². The zero-order valence-electron chi connectivity index (χ0n) is 13.0. The van der Waals surface area contributed by atoms with Gasteiger partial charge in [-0.05, 0) is 32.1 Å². The maximum Gasteiger partial charge on any atom is 0.213 e. The van der Waals surface area contributed by atoms with E-state index in [0.717, 1.165) is 25.3 Å². The summed E-state index contributed by atoms with van der Waals surface area (Å²) in [6.45, 7) is 7.16. The molecule has 0 atom stereocenters. The van der Waals surface area contributed by atoms with Crippen LogP contribution in [0, 0.1) is 5.92 Å². The van der Waals surface area contributed by atoms with Gasteiger partial charge in [0.05, 0.1) is 5.69 Å². The summed E-state index contributed by atoms with van der Waals surface area (Å²) in [4.78, 5) is 8.95. The van der Waals surface area contributed by atoms with Gasteiger partial charge in [-0.1, -0.05) is 32.0 Å². The van der Waals surface area contributed by atoms with Gasteiger partial charge in [0.15, 0.2) is 0 Å². The van der Waals surface area contributed by atoms with Gasteiger partial charge in [-0.15, -0.1) is 0 Å². The Hall–Kier alpha value is -1.59. The molecule has 0 aliphatic carbocycles. The molecule has 20 heavy (non-hydrogen) atoms. The quantitative estimate of drug-likeness (QED) is 0.359. The fraction of sp³-hybridized carbons (Fsp3) is 0.533. The molecule has 3 N–H and O–H groups in total. The molecule has 0 saturated heterocycles. The maximum absolute atomic E-state index is 5.67. The standard InChI is InChI=1S/C15H27N5/c1-13(2)12-20(11-10-19(3)4)15(18-16)17-14-8-6-5-7-9-14/h5-9,13H,10-12,16H2,1-4H3,(H,17,18). The Kier molecular flexibility index (Phi) is 7.04. The lowest BCUT2D eigenvalue weighted by atomic mass is 10.2. The van der Waals surface area contributed by atoms with Crippen LogP contribution >= 0.6 is 0 Å². The van der Waals surface area contributed by atoms with Crippen LogP contribution in [-0.4, -0.2) is 49.5 Å². The number of hydrazine groups is 1. The molecule has 0 saturated carbocycles. The third-order valence-electron chi connectivity index (χ3n) is 2.82. The van der Waals surface area contributed by atoms with Gasteiger partial charge in [0, 0.05) is 19.6 Å². The smallest absolute Gasteiger partial charge is 0.213 e. The third-order valence-corrected chi connectivity index (χ3v) is 2.82. The first kappa shape index (κ1) is 16.5. The molecule has 0 fully saturated rings. The summed E-state index contributed by atoms with van der Waals surface area (Å²) < 4.78 is 0. The minimum absolute atomic E-state index is 0.548. The van der Waals surface area contributed by atoms with Gasteiger partial charge in [-0.3, -0.25) is 5.43 Å². The molecule has 112 valence electrons. The highest BCUT2D eigenvalue weighted by Crippen LogP contribution is 2.11. The summed E-state index contributed by atoms with van der Waals surface area (Å²) in [5.41, 5.74) is 3.64. The summed E-state index contributed by atoms with van der Waals surface area (Å²) in [5.74, 6) is 6.93. The van der Waals surface area contributed by atoms with Crippen molar-refractivity contribution in [1.82, 2.24) is 15.2 Å². The van der Waals surface area contributed by atoms with Crippen LogP contribution in [0.1, 0.15) is 13.8 Å². The minimum atomic E-state index is 0.548. The van der Waals surface area contributed by atoms with Gasteiger partial charge in [0.2, 0.25) is 5.96 Å². The van der Waals surface area contributed by atoms with Gasteiger partial charge >= 0.3 is 0 Å². The molecule has 0 bridgehead atoms. The Morgan fingerprint density at radius 1 is 1.20 bits per heavy atom. The maximum atomic E-state index is 5.67. The van der Waals surface area contributed by atoms with Crippen molar-refractivity contribution in [2.75, 3.05) is 33.7 Å². The lowest BCUT2D eigenvalue weighted by molar-refractivity contribution is 0.301. The van der Waals surface area contributed by atoms with Crippen molar-refractivity contribution in [2.45, 2.75) is 13.8 Å². The highest BCUT2D eigenvalue weighted by atomic mass is 15.4. The molecule has 0 spiro atoms. The Labute approximate surface area is 122 Å². The van der Waals surface area contributed by atoms with Crippen LogP contribution < -0.4 is 11.3 Å². The number of benzene rings is 1. The Balaban J connectivity index is 2.86. The van der Waals surface area contributed by atoms with Crippen molar-refractivity contribution in [3.63, 3.8) is 0 Å². The van der Waals surface area contributed by atoms with Crippen molar-refractivity contribution in [3.8, 4) is 0 Å². The van der Waals surface area contributed by atoms with Gasteiger partial charge < -0.3 is 9.80 Å². The zero-order valence-corrected chi connectivity index (χ0v) is 13.0. The number of aliphatic imine (C=N–C) groups is 1. The summed E-state index contributed by atoms with van der Waals surface area (Å²) >= 11 is 0. The molecule has 5 heteroatoms. The Bertz CT molecular complexity index is 400. The predicted molar refractivity (Wildman–Crippen MR) is 85.8 cm³/mol. The van der Waals surface area contributed by atoms with E-state index in [1.165, 1.54) is 0 Å². The van der Waals surface area contributed by atoms with Crippen molar-refractivity contribution in [3.05, 3.63) is 30.3 Å². The summed E-state index contributed by atoms with van der Waals surface area (Å²) in [6, 6.07) is 9.86. The van der Waals surface area contributed by atoms with Crippen LogP contribution in [0.15, 0.2) is 35.3 Å². The van der Waals surface area contributed by atoms with E-state index in [-0.39, 0.29) is 0 Å². The molecule has 0 amide bonds. The topological polar surface area (TPSA) is 56.9 Å². The molecule has 0 aliphatic rings. The lowest BCUT2D eigenvalue weighted by Crippen LogP contribution is -2.48. The number of hydrogen-bond donors (Lipinski definition) is 2. The first-order chi connectivity index (χ1) is 9.52. The molecule has 1 aromatic rings. The van der Waals surface area contributed by atoms with Gasteiger partial charge in [0.1, 0.15) is 0 Å². The molecular weight excluding hydrogens is 250 g/mol. The zero-order chi connectivity index (χ0) is 15.0. The van der Waals surface area contributed by atoms with Gasteiger partial charge in [0.25, 0.3) is 0 Å². The third kappa shape index (κ3) is 6.04. The number of hydrogen-bond acceptors (Lipinski definition) is 3. The van der Waals surface area contributed by atoms with E-state index in [4.69, 9.17) is 5.84 Å². The van der Waals surface area contributed by atoms with Gasteiger partial charge in [-0.2, -0.15) is 0 Å². The molecule has 0 aromatic heterocycles.